The van der Waals surface area contributed by atoms with Gasteiger partial charge in [-0.1, -0.05) is 23.7 Å². The molecule has 0 unspecified atom stereocenters. The quantitative estimate of drug-likeness (QED) is 0.820. The number of nitrogens with zero attached hydrogens (tertiary/aromatic N) is 1. The van der Waals surface area contributed by atoms with Crippen molar-refractivity contribution in [1.82, 2.24) is 4.90 Å². The molecule has 1 aliphatic rings. The van der Waals surface area contributed by atoms with E-state index in [1.165, 1.54) is 5.56 Å². The van der Waals surface area contributed by atoms with Gasteiger partial charge in [-0.3, -0.25) is 4.90 Å². The highest BCUT2D eigenvalue weighted by Gasteiger charge is 2.19. The van der Waals surface area contributed by atoms with E-state index in [4.69, 9.17) is 22.1 Å². The molecule has 20 heavy (non-hydrogen) atoms. The lowest BCUT2D eigenvalue weighted by molar-refractivity contribution is 0.00563. The van der Waals surface area contributed by atoms with Crippen LogP contribution in [-0.2, 0) is 11.3 Å². The molecule has 1 aromatic rings. The molecule has 0 aliphatic carbocycles. The third-order valence-electron chi connectivity index (χ3n) is 3.88. The van der Waals surface area contributed by atoms with E-state index in [0.717, 1.165) is 56.1 Å². The van der Waals surface area contributed by atoms with Gasteiger partial charge in [0.05, 0.1) is 6.10 Å². The van der Waals surface area contributed by atoms with Gasteiger partial charge in [-0.15, -0.1) is 0 Å². The van der Waals surface area contributed by atoms with Crippen molar-refractivity contribution < 1.29 is 4.74 Å². The van der Waals surface area contributed by atoms with Gasteiger partial charge in [0.15, 0.2) is 0 Å². The molecular formula is C16H25ClN2O. The molecule has 112 valence electrons. The molecule has 0 aromatic heterocycles. The lowest BCUT2D eigenvalue weighted by Gasteiger charge is -2.32. The monoisotopic (exact) mass is 296 g/mol. The first-order valence-corrected chi connectivity index (χ1v) is 7.86. The van der Waals surface area contributed by atoms with Crippen molar-refractivity contribution in [3.05, 3.63) is 34.3 Å². The summed E-state index contributed by atoms with van der Waals surface area (Å²) in [4.78, 5) is 2.48. The summed E-state index contributed by atoms with van der Waals surface area (Å²) < 4.78 is 5.83. The maximum atomic E-state index is 6.18. The van der Waals surface area contributed by atoms with Crippen LogP contribution >= 0.6 is 11.6 Å². The number of hydrogen-bond donors (Lipinski definition) is 1. The van der Waals surface area contributed by atoms with Gasteiger partial charge < -0.3 is 10.5 Å². The van der Waals surface area contributed by atoms with Crippen molar-refractivity contribution >= 4 is 11.6 Å². The Balaban J connectivity index is 1.75. The summed E-state index contributed by atoms with van der Waals surface area (Å²) in [7, 11) is 0. The zero-order valence-electron chi connectivity index (χ0n) is 12.3. The Morgan fingerprint density at radius 3 is 2.75 bits per heavy atom. The van der Waals surface area contributed by atoms with Crippen LogP contribution in [0.2, 0.25) is 5.02 Å². The normalized spacial score (nSPS) is 17.6. The fraction of sp³-hybridized carbons (Fsp3) is 0.625. The highest BCUT2D eigenvalue weighted by molar-refractivity contribution is 6.31. The molecule has 1 saturated heterocycles. The van der Waals surface area contributed by atoms with Crippen molar-refractivity contribution in [3.63, 3.8) is 0 Å². The van der Waals surface area contributed by atoms with Crippen molar-refractivity contribution in [2.24, 2.45) is 5.73 Å². The zero-order chi connectivity index (χ0) is 14.4. The molecule has 1 heterocycles. The Morgan fingerprint density at radius 2 is 2.10 bits per heavy atom. The molecule has 0 radical (unpaired) electrons. The summed E-state index contributed by atoms with van der Waals surface area (Å²) in [6, 6.07) is 6.35. The van der Waals surface area contributed by atoms with Crippen LogP contribution in [0.1, 0.15) is 30.4 Å². The van der Waals surface area contributed by atoms with E-state index in [9.17, 15) is 0 Å². The molecule has 2 rings (SSSR count). The van der Waals surface area contributed by atoms with Crippen molar-refractivity contribution in [2.45, 2.75) is 38.8 Å². The number of piperidine rings is 1. The third-order valence-corrected chi connectivity index (χ3v) is 4.29. The van der Waals surface area contributed by atoms with Gasteiger partial charge in [0.25, 0.3) is 0 Å². The molecule has 0 saturated carbocycles. The number of nitrogens with two attached hydrogens (primary N) is 1. The summed E-state index contributed by atoms with van der Waals surface area (Å²) in [6.07, 6.45) is 3.61. The molecule has 3 nitrogen and oxygen atoms in total. The van der Waals surface area contributed by atoms with Gasteiger partial charge in [-0.2, -0.15) is 0 Å². The smallest absolute Gasteiger partial charge is 0.0599 e. The molecule has 0 atom stereocenters. The summed E-state index contributed by atoms with van der Waals surface area (Å²) in [5.74, 6) is 0. The van der Waals surface area contributed by atoms with E-state index < -0.39 is 0 Å². The highest BCUT2D eigenvalue weighted by Crippen LogP contribution is 2.20. The number of halogens is 1. The number of likely N-dealkylation sites (tertiary alicyclic amines) is 1. The maximum Gasteiger partial charge on any atom is 0.0599 e. The minimum absolute atomic E-state index is 0.416. The standard InChI is InChI=1S/C16H25ClN2O/c1-13-3-4-14(11-16(13)17)12-19-8-5-15(6-9-19)20-10-2-7-18/h3-4,11,15H,2,5-10,12,18H2,1H3. The van der Waals surface area contributed by atoms with Crippen LogP contribution in [0.5, 0.6) is 0 Å². The third kappa shape index (κ3) is 4.74. The van der Waals surface area contributed by atoms with Crippen LogP contribution in [-0.4, -0.2) is 37.2 Å². The van der Waals surface area contributed by atoms with Crippen molar-refractivity contribution in [2.75, 3.05) is 26.2 Å². The number of ether oxygens (including phenoxy) is 1. The average molecular weight is 297 g/mol. The van der Waals surface area contributed by atoms with Gasteiger partial charge in [0.2, 0.25) is 0 Å². The molecule has 0 bridgehead atoms. The predicted molar refractivity (Wildman–Crippen MR) is 84.1 cm³/mol. The first-order valence-electron chi connectivity index (χ1n) is 7.48. The van der Waals surface area contributed by atoms with E-state index >= 15 is 0 Å². The second-order valence-electron chi connectivity index (χ2n) is 5.57. The fourth-order valence-corrected chi connectivity index (χ4v) is 2.76. The van der Waals surface area contributed by atoms with Crippen LogP contribution in [0.4, 0.5) is 0 Å². The van der Waals surface area contributed by atoms with Crippen molar-refractivity contribution in [3.8, 4) is 0 Å². The Morgan fingerprint density at radius 1 is 1.35 bits per heavy atom. The Bertz CT molecular complexity index is 417. The van der Waals surface area contributed by atoms with Gasteiger partial charge in [0, 0.05) is 31.3 Å². The number of aryl methyl sites for hydroxylation is 1. The van der Waals surface area contributed by atoms with Gasteiger partial charge in [-0.25, -0.2) is 0 Å². The van der Waals surface area contributed by atoms with Crippen molar-refractivity contribution in [1.29, 1.82) is 0 Å². The lowest BCUT2D eigenvalue weighted by Crippen LogP contribution is -2.36. The van der Waals surface area contributed by atoms with E-state index in [1.807, 2.05) is 6.92 Å². The zero-order valence-corrected chi connectivity index (χ0v) is 13.0. The topological polar surface area (TPSA) is 38.5 Å². The molecule has 2 N–H and O–H groups in total. The second kappa shape index (κ2) is 7.99. The van der Waals surface area contributed by atoms with E-state index in [0.29, 0.717) is 12.6 Å². The van der Waals surface area contributed by atoms with Gasteiger partial charge in [-0.05, 0) is 49.9 Å². The number of rotatable bonds is 6. The Hall–Kier alpha value is -0.610. The van der Waals surface area contributed by atoms with Gasteiger partial charge in [0.1, 0.15) is 0 Å². The van der Waals surface area contributed by atoms with Crippen LogP contribution in [0.25, 0.3) is 0 Å². The SMILES string of the molecule is Cc1ccc(CN2CCC(OCCCN)CC2)cc1Cl. The van der Waals surface area contributed by atoms with Gasteiger partial charge >= 0.3 is 0 Å². The highest BCUT2D eigenvalue weighted by atomic mass is 35.5. The summed E-state index contributed by atoms with van der Waals surface area (Å²) in [6.45, 7) is 6.73. The lowest BCUT2D eigenvalue weighted by atomic mass is 10.1. The Labute approximate surface area is 127 Å². The molecule has 1 aromatic carbocycles. The van der Waals surface area contributed by atoms with Crippen LogP contribution in [0, 0.1) is 6.92 Å². The largest absolute Gasteiger partial charge is 0.378 e. The fourth-order valence-electron chi connectivity index (χ4n) is 2.56. The summed E-state index contributed by atoms with van der Waals surface area (Å²) >= 11 is 6.18. The molecule has 0 amide bonds. The minimum atomic E-state index is 0.416. The maximum absolute atomic E-state index is 6.18. The number of benzene rings is 1. The summed E-state index contributed by atoms with van der Waals surface area (Å²) in [5, 5.41) is 0.863. The number of hydrogen-bond acceptors (Lipinski definition) is 3. The predicted octanol–water partition coefficient (Wildman–Crippen LogP) is 2.98. The Kier molecular flexibility index (Phi) is 6.30. The first kappa shape index (κ1) is 15.8. The molecule has 1 aliphatic heterocycles. The van der Waals surface area contributed by atoms with E-state index in [1.54, 1.807) is 0 Å². The van der Waals surface area contributed by atoms with Crippen LogP contribution in [0.3, 0.4) is 0 Å². The first-order chi connectivity index (χ1) is 9.69. The molecule has 0 spiro atoms. The molecular weight excluding hydrogens is 272 g/mol. The average Bonchev–Trinajstić information content (AvgIpc) is 2.45. The van der Waals surface area contributed by atoms with Crippen LogP contribution < -0.4 is 5.73 Å². The van der Waals surface area contributed by atoms with E-state index in [2.05, 4.69) is 23.1 Å². The minimum Gasteiger partial charge on any atom is -0.378 e. The van der Waals surface area contributed by atoms with Crippen LogP contribution in [0.15, 0.2) is 18.2 Å². The van der Waals surface area contributed by atoms with E-state index in [-0.39, 0.29) is 0 Å². The second-order valence-corrected chi connectivity index (χ2v) is 5.98. The summed E-state index contributed by atoms with van der Waals surface area (Å²) in [5.41, 5.74) is 7.91. The molecule has 1 fully saturated rings. The molecule has 4 heteroatoms.